The van der Waals surface area contributed by atoms with Gasteiger partial charge in [-0.05, 0) is 55.9 Å². The number of nitrogens with zero attached hydrogens (tertiary/aromatic N) is 2. The molecule has 1 amide bonds. The number of amides is 1. The maximum Gasteiger partial charge on any atom is 0.278 e. The van der Waals surface area contributed by atoms with Gasteiger partial charge in [-0.15, -0.1) is 0 Å². The smallest absolute Gasteiger partial charge is 0.278 e. The monoisotopic (exact) mass is 372 g/mol. The summed E-state index contributed by atoms with van der Waals surface area (Å²) < 4.78 is 5.25. The van der Waals surface area contributed by atoms with Crippen molar-refractivity contribution in [2.75, 3.05) is 51.3 Å². The van der Waals surface area contributed by atoms with E-state index in [1.807, 2.05) is 12.1 Å². The molecule has 4 rings (SSSR count). The summed E-state index contributed by atoms with van der Waals surface area (Å²) in [6.07, 6.45) is 7.77. The van der Waals surface area contributed by atoms with Crippen LogP contribution in [0.2, 0.25) is 0 Å². The Labute approximate surface area is 163 Å². The Kier molecular flexibility index (Phi) is 5.86. The molecular weight excluding hydrogens is 338 g/mol. The van der Waals surface area contributed by atoms with Crippen molar-refractivity contribution < 1.29 is 14.4 Å². The third kappa shape index (κ3) is 4.23. The summed E-state index contributed by atoms with van der Waals surface area (Å²) in [6.45, 7) is 5.78. The lowest BCUT2D eigenvalue weighted by molar-refractivity contribution is -0.892. The highest BCUT2D eigenvalue weighted by atomic mass is 16.5. The van der Waals surface area contributed by atoms with E-state index in [1.165, 1.54) is 49.1 Å². The molecule has 1 aliphatic carbocycles. The number of hydrogen-bond acceptors (Lipinski definition) is 3. The lowest BCUT2D eigenvalue weighted by Gasteiger charge is -2.44. The third-order valence-corrected chi connectivity index (χ3v) is 6.87. The molecule has 2 saturated heterocycles. The summed E-state index contributed by atoms with van der Waals surface area (Å²) in [4.78, 5) is 19.1. The zero-order chi connectivity index (χ0) is 18.6. The van der Waals surface area contributed by atoms with Crippen LogP contribution in [-0.4, -0.2) is 63.2 Å². The van der Waals surface area contributed by atoms with E-state index >= 15 is 0 Å². The van der Waals surface area contributed by atoms with Crippen LogP contribution in [0, 0.1) is 5.92 Å². The fraction of sp³-hybridized carbons (Fsp3) is 0.682. The van der Waals surface area contributed by atoms with Gasteiger partial charge in [0.05, 0.1) is 33.3 Å². The molecule has 2 aliphatic heterocycles. The summed E-state index contributed by atoms with van der Waals surface area (Å²) in [6, 6.07) is 8.85. The van der Waals surface area contributed by atoms with Crippen molar-refractivity contribution >= 4 is 11.6 Å². The van der Waals surface area contributed by atoms with Crippen LogP contribution in [0.5, 0.6) is 5.75 Å². The Balaban J connectivity index is 1.28. The number of anilines is 1. The minimum Gasteiger partial charge on any atom is -0.497 e. The number of piperidine rings is 1. The van der Waals surface area contributed by atoms with E-state index in [4.69, 9.17) is 4.74 Å². The SMILES string of the molecule is COc1ccc(N2CC[NH+](CC(=O)N3CCC[C@H]4CCCC[C@H]43)CC2)cc1. The second-order valence-electron chi connectivity index (χ2n) is 8.45. The Hall–Kier alpha value is -1.75. The predicted octanol–water partition coefficient (Wildman–Crippen LogP) is 1.58. The van der Waals surface area contributed by atoms with E-state index in [9.17, 15) is 4.79 Å². The molecule has 0 spiro atoms. The highest BCUT2D eigenvalue weighted by Crippen LogP contribution is 2.35. The van der Waals surface area contributed by atoms with Crippen molar-refractivity contribution in [3.63, 3.8) is 0 Å². The van der Waals surface area contributed by atoms with Gasteiger partial charge in [-0.1, -0.05) is 12.8 Å². The molecule has 2 atom stereocenters. The van der Waals surface area contributed by atoms with Crippen molar-refractivity contribution in [1.29, 1.82) is 0 Å². The molecule has 3 aliphatic rings. The zero-order valence-corrected chi connectivity index (χ0v) is 16.7. The molecule has 148 valence electrons. The first-order valence-electron chi connectivity index (χ1n) is 10.8. The van der Waals surface area contributed by atoms with E-state index in [1.54, 1.807) is 7.11 Å². The number of piperazine rings is 1. The van der Waals surface area contributed by atoms with E-state index in [2.05, 4.69) is 21.9 Å². The average Bonchev–Trinajstić information content (AvgIpc) is 2.74. The number of hydrogen-bond donors (Lipinski definition) is 1. The van der Waals surface area contributed by atoms with Crippen molar-refractivity contribution in [2.24, 2.45) is 5.92 Å². The van der Waals surface area contributed by atoms with Gasteiger partial charge >= 0.3 is 0 Å². The fourth-order valence-corrected chi connectivity index (χ4v) is 5.30. The summed E-state index contributed by atoms with van der Waals surface area (Å²) in [5.74, 6) is 2.08. The van der Waals surface area contributed by atoms with Crippen LogP contribution in [-0.2, 0) is 4.79 Å². The van der Waals surface area contributed by atoms with Crippen LogP contribution in [0.25, 0.3) is 0 Å². The first-order chi connectivity index (χ1) is 13.2. The van der Waals surface area contributed by atoms with Crippen LogP contribution < -0.4 is 14.5 Å². The molecule has 27 heavy (non-hydrogen) atoms. The molecule has 1 N–H and O–H groups in total. The van der Waals surface area contributed by atoms with Gasteiger partial charge in [-0.3, -0.25) is 4.79 Å². The van der Waals surface area contributed by atoms with E-state index in [0.29, 0.717) is 18.5 Å². The first-order valence-corrected chi connectivity index (χ1v) is 10.8. The molecule has 5 nitrogen and oxygen atoms in total. The van der Waals surface area contributed by atoms with Gasteiger partial charge in [0.2, 0.25) is 0 Å². The Morgan fingerprint density at radius 2 is 1.74 bits per heavy atom. The van der Waals surface area contributed by atoms with Gasteiger partial charge < -0.3 is 19.4 Å². The fourth-order valence-electron chi connectivity index (χ4n) is 5.30. The quantitative estimate of drug-likeness (QED) is 0.872. The molecule has 1 saturated carbocycles. The highest BCUT2D eigenvalue weighted by molar-refractivity contribution is 5.77. The molecule has 0 aromatic heterocycles. The topological polar surface area (TPSA) is 37.2 Å². The van der Waals surface area contributed by atoms with Crippen LogP contribution in [0.1, 0.15) is 38.5 Å². The number of carbonyl (C=O) groups is 1. The van der Waals surface area contributed by atoms with Crippen molar-refractivity contribution in [2.45, 2.75) is 44.6 Å². The molecule has 5 heteroatoms. The minimum atomic E-state index is 0.402. The summed E-state index contributed by atoms with van der Waals surface area (Å²) in [5, 5.41) is 0. The van der Waals surface area contributed by atoms with Crippen molar-refractivity contribution in [1.82, 2.24) is 4.90 Å². The number of carbonyl (C=O) groups excluding carboxylic acids is 1. The number of methoxy groups -OCH3 is 1. The zero-order valence-electron chi connectivity index (χ0n) is 16.7. The van der Waals surface area contributed by atoms with Gasteiger partial charge in [0.25, 0.3) is 5.91 Å². The lowest BCUT2D eigenvalue weighted by atomic mass is 9.78. The van der Waals surface area contributed by atoms with Crippen LogP contribution >= 0.6 is 0 Å². The normalized spacial score (nSPS) is 26.6. The number of fused-ring (bicyclic) bond motifs is 1. The lowest BCUT2D eigenvalue weighted by Crippen LogP contribution is -3.16. The Bertz CT molecular complexity index is 623. The number of likely N-dealkylation sites (tertiary alicyclic amines) is 1. The third-order valence-electron chi connectivity index (χ3n) is 6.87. The van der Waals surface area contributed by atoms with Crippen LogP contribution in [0.3, 0.4) is 0 Å². The number of rotatable bonds is 4. The molecule has 1 aromatic rings. The number of quaternary nitrogens is 1. The van der Waals surface area contributed by atoms with E-state index in [0.717, 1.165) is 44.4 Å². The van der Waals surface area contributed by atoms with Crippen LogP contribution in [0.15, 0.2) is 24.3 Å². The second-order valence-corrected chi connectivity index (χ2v) is 8.45. The maximum atomic E-state index is 13.0. The maximum absolute atomic E-state index is 13.0. The Morgan fingerprint density at radius 1 is 1.04 bits per heavy atom. The van der Waals surface area contributed by atoms with E-state index in [-0.39, 0.29) is 0 Å². The van der Waals surface area contributed by atoms with Crippen molar-refractivity contribution in [3.8, 4) is 5.75 Å². The van der Waals surface area contributed by atoms with Crippen LogP contribution in [0.4, 0.5) is 5.69 Å². The summed E-state index contributed by atoms with van der Waals surface area (Å²) in [7, 11) is 1.70. The van der Waals surface area contributed by atoms with Gasteiger partial charge in [0.15, 0.2) is 6.54 Å². The molecule has 2 heterocycles. The highest BCUT2D eigenvalue weighted by Gasteiger charge is 2.37. The molecule has 0 unspecified atom stereocenters. The summed E-state index contributed by atoms with van der Waals surface area (Å²) in [5.41, 5.74) is 1.25. The average molecular weight is 373 g/mol. The van der Waals surface area contributed by atoms with Gasteiger partial charge in [-0.2, -0.15) is 0 Å². The van der Waals surface area contributed by atoms with E-state index < -0.39 is 0 Å². The van der Waals surface area contributed by atoms with Gasteiger partial charge in [-0.25, -0.2) is 0 Å². The Morgan fingerprint density at radius 3 is 2.48 bits per heavy atom. The molecule has 0 radical (unpaired) electrons. The molecular formula is C22H34N3O2+. The minimum absolute atomic E-state index is 0.402. The molecule has 3 fully saturated rings. The number of nitrogens with one attached hydrogen (secondary N) is 1. The number of ether oxygens (including phenoxy) is 1. The number of benzene rings is 1. The second kappa shape index (κ2) is 8.51. The molecule has 0 bridgehead atoms. The molecule has 1 aromatic carbocycles. The van der Waals surface area contributed by atoms with Gasteiger partial charge in [0.1, 0.15) is 5.75 Å². The van der Waals surface area contributed by atoms with Gasteiger partial charge in [0, 0.05) is 18.3 Å². The first kappa shape index (κ1) is 18.6. The predicted molar refractivity (Wildman–Crippen MR) is 107 cm³/mol. The summed E-state index contributed by atoms with van der Waals surface area (Å²) >= 11 is 0. The van der Waals surface area contributed by atoms with Crippen molar-refractivity contribution in [3.05, 3.63) is 24.3 Å². The largest absolute Gasteiger partial charge is 0.497 e. The standard InChI is InChI=1S/C22H33N3O2/c1-27-20-10-8-19(9-11-20)24-15-13-23(14-16-24)17-22(26)25-12-4-6-18-5-2-3-7-21(18)25/h8-11,18,21H,2-7,12-17H2,1H3/p+1/t18-,21-/m1/s1.